The van der Waals surface area contributed by atoms with Crippen molar-refractivity contribution >= 4 is 92.0 Å². The van der Waals surface area contributed by atoms with Gasteiger partial charge in [0.2, 0.25) is 0 Å². The van der Waals surface area contributed by atoms with Crippen molar-refractivity contribution in [3.05, 3.63) is 7.43 Å². The number of thiocarbonyl (C=S) groups is 4. The molecule has 0 rings (SSSR count). The second-order valence-electron chi connectivity index (χ2n) is 1.57. The van der Waals surface area contributed by atoms with E-state index in [9.17, 15) is 0 Å². The molecule has 0 aromatic rings. The van der Waals surface area contributed by atoms with E-state index in [4.69, 9.17) is 11.5 Å². The Morgan fingerprint density at radius 2 is 1.06 bits per heavy atom. The Balaban J connectivity index is -0.0000000603. The first-order valence-electron chi connectivity index (χ1n) is 3.46. The van der Waals surface area contributed by atoms with Crippen molar-refractivity contribution < 1.29 is 19.5 Å². The van der Waals surface area contributed by atoms with Crippen molar-refractivity contribution in [2.75, 3.05) is 11.5 Å². The van der Waals surface area contributed by atoms with Crippen molar-refractivity contribution in [1.82, 2.24) is 0 Å². The molecule has 0 aliphatic carbocycles. The molecule has 0 saturated carbocycles. The molecule has 11 heteroatoms. The van der Waals surface area contributed by atoms with Gasteiger partial charge in [0.15, 0.2) is 0 Å². The smallest absolute Gasteiger partial charge is 0.131 e. The van der Waals surface area contributed by atoms with Crippen molar-refractivity contribution in [2.45, 2.75) is 0 Å². The van der Waals surface area contributed by atoms with Gasteiger partial charge in [-0.25, -0.2) is 0 Å². The molecule has 104 valence electrons. The van der Waals surface area contributed by atoms with E-state index in [2.05, 4.69) is 60.3 Å². The van der Waals surface area contributed by atoms with Crippen molar-refractivity contribution in [1.29, 1.82) is 0 Å². The number of rotatable bonds is 3. The van der Waals surface area contributed by atoms with Crippen LogP contribution in [0.15, 0.2) is 0 Å². The third kappa shape index (κ3) is 68.5. The molecule has 8 N–H and O–H groups in total. The van der Waals surface area contributed by atoms with Gasteiger partial charge in [-0.15, -0.1) is 0 Å². The van der Waals surface area contributed by atoms with Crippen LogP contribution < -0.4 is 22.9 Å². The number of hydrogen-bond acceptors (Lipinski definition) is 6. The van der Waals surface area contributed by atoms with E-state index in [1.165, 1.54) is 23.5 Å². The average Bonchev–Trinajstić information content (AvgIpc) is 2.14. The van der Waals surface area contributed by atoms with Crippen molar-refractivity contribution in [3.8, 4) is 0 Å². The Morgan fingerprint density at radius 1 is 0.889 bits per heavy atom. The molecule has 0 aliphatic heterocycles. The minimum Gasteiger partial charge on any atom is -0.570 e. The van der Waals surface area contributed by atoms with E-state index in [0.29, 0.717) is 8.64 Å². The number of hydrogen-bond donors (Lipinski definition) is 4. The molecule has 0 fully saturated rings. The van der Waals surface area contributed by atoms with Crippen molar-refractivity contribution in [3.63, 3.8) is 0 Å². The molecule has 0 atom stereocenters. The van der Waals surface area contributed by atoms with Gasteiger partial charge in [0.1, 0.15) is 8.64 Å². The molecular weight excluding hydrogens is 398 g/mol. The summed E-state index contributed by atoms with van der Waals surface area (Å²) in [5.74, 6) is 1.74. The fraction of sp³-hybridized carbons (Fsp3) is 0.286. The van der Waals surface area contributed by atoms with Crippen LogP contribution in [0, 0.1) is 7.43 Å². The Kier molecular flexibility index (Phi) is 53.5. The molecule has 0 radical (unpaired) electrons. The van der Waals surface area contributed by atoms with Gasteiger partial charge in [-0.2, -0.15) is 0 Å². The molecule has 0 heterocycles. The molecule has 4 nitrogen and oxygen atoms in total. The molecule has 0 spiro atoms. The molecule has 0 saturated heterocycles. The van der Waals surface area contributed by atoms with E-state index < -0.39 is 0 Å². The summed E-state index contributed by atoms with van der Waals surface area (Å²) >= 11 is 20.0. The van der Waals surface area contributed by atoms with Crippen LogP contribution in [0.1, 0.15) is 0 Å². The van der Waals surface area contributed by atoms with Gasteiger partial charge < -0.3 is 65.8 Å². The molecular formula is C7H15N4S6Zn-3. The van der Waals surface area contributed by atoms with E-state index >= 15 is 0 Å². The maximum Gasteiger partial charge on any atom is 0.131 e. The van der Waals surface area contributed by atoms with E-state index in [1.807, 2.05) is 11.0 Å². The largest absolute Gasteiger partial charge is 0.570 e. The third-order valence-corrected chi connectivity index (χ3v) is 2.92. The number of thioether (sulfide) groups is 2. The predicted octanol–water partition coefficient (Wildman–Crippen LogP) is 0.946. The average molecular weight is 413 g/mol. The third-order valence-electron chi connectivity index (χ3n) is 0.572. The van der Waals surface area contributed by atoms with Crippen LogP contribution in [0.5, 0.6) is 0 Å². The van der Waals surface area contributed by atoms with E-state index in [0.717, 1.165) is 11.5 Å². The van der Waals surface area contributed by atoms with Crippen LogP contribution >= 0.6 is 72.4 Å². The van der Waals surface area contributed by atoms with Crippen LogP contribution in [0.25, 0.3) is 0 Å². The fourth-order valence-electron chi connectivity index (χ4n) is 0.285. The molecule has 0 unspecified atom stereocenters. The summed E-state index contributed by atoms with van der Waals surface area (Å²) in [4.78, 5) is 0. The van der Waals surface area contributed by atoms with Gasteiger partial charge in [-0.1, -0.05) is 48.0 Å². The topological polar surface area (TPSA) is 104 Å². The van der Waals surface area contributed by atoms with Crippen LogP contribution in [-0.4, -0.2) is 31.1 Å². The van der Waals surface area contributed by atoms with Gasteiger partial charge in [-0.05, 0) is 0 Å². The monoisotopic (exact) mass is 411 g/mol. The summed E-state index contributed by atoms with van der Waals surface area (Å²) in [5, 5.41) is 0. The van der Waals surface area contributed by atoms with E-state index in [1.54, 1.807) is 0 Å². The minimum absolute atomic E-state index is 0. The Hall–Kier alpha value is 0.883. The van der Waals surface area contributed by atoms with Gasteiger partial charge in [0, 0.05) is 31.0 Å². The second-order valence-corrected chi connectivity index (χ2v) is 5.71. The molecule has 0 amide bonds. The normalized spacial score (nSPS) is 6.44. The van der Waals surface area contributed by atoms with Crippen LogP contribution in [0.3, 0.4) is 0 Å². The van der Waals surface area contributed by atoms with Gasteiger partial charge in [-0.3, -0.25) is 0 Å². The summed E-state index contributed by atoms with van der Waals surface area (Å²) in [5.41, 5.74) is 23.0. The van der Waals surface area contributed by atoms with Crippen molar-refractivity contribution in [2.24, 2.45) is 22.9 Å². The molecule has 0 aliphatic rings. The zero-order valence-electron chi connectivity index (χ0n) is 9.88. The summed E-state index contributed by atoms with van der Waals surface area (Å²) in [6.07, 6.45) is 0. The van der Waals surface area contributed by atoms with Crippen LogP contribution in [-0.2, 0) is 19.5 Å². The zero-order chi connectivity index (χ0) is 13.4. The molecule has 0 aromatic carbocycles. The second kappa shape index (κ2) is 30.7. The van der Waals surface area contributed by atoms with Gasteiger partial charge in [0.05, 0.1) is 0 Å². The maximum atomic E-state index is 5.23. The van der Waals surface area contributed by atoms with Gasteiger partial charge in [0.25, 0.3) is 0 Å². The standard InChI is InChI=1S/C4H8N2S4.2CH2NS.CH3.Zn/c5-3(7)9-1-2-10-4(6)8;2*2-1-3;;/h1-2H2,(H2,5,7)(H2,6,8);2*(H2,2,3);1H3;/q;3*-1;. The summed E-state index contributed by atoms with van der Waals surface area (Å²) in [7, 11) is 0. The predicted molar refractivity (Wildman–Crippen MR) is 98.5 cm³/mol. The van der Waals surface area contributed by atoms with E-state index in [-0.39, 0.29) is 26.9 Å². The first-order chi connectivity index (χ1) is 7.45. The number of nitrogens with two attached hydrogens (primary N) is 4. The minimum atomic E-state index is 0. The first kappa shape index (κ1) is 31.3. The fourth-order valence-corrected chi connectivity index (χ4v) is 1.85. The maximum absolute atomic E-state index is 5.23. The molecule has 0 bridgehead atoms. The summed E-state index contributed by atoms with van der Waals surface area (Å²) in [6.45, 7) is 0. The summed E-state index contributed by atoms with van der Waals surface area (Å²) in [6, 6.07) is 0. The zero-order valence-corrected chi connectivity index (χ0v) is 17.7. The quantitative estimate of drug-likeness (QED) is 0.176. The van der Waals surface area contributed by atoms with Gasteiger partial charge >= 0.3 is 0 Å². The van der Waals surface area contributed by atoms with Crippen LogP contribution in [0.4, 0.5) is 0 Å². The molecule has 18 heavy (non-hydrogen) atoms. The summed E-state index contributed by atoms with van der Waals surface area (Å²) < 4.78 is 0.951. The Bertz CT molecular complexity index is 194. The SMILES string of the molecule is NC(=S)SCCSC(N)=S.N[C-]=S.N[C-]=S.[CH3-].[Zn]. The van der Waals surface area contributed by atoms with Crippen LogP contribution in [0.2, 0.25) is 0 Å². The Morgan fingerprint density at radius 3 is 1.17 bits per heavy atom. The molecule has 0 aromatic heterocycles. The Labute approximate surface area is 152 Å². The first-order valence-corrected chi connectivity index (χ1v) is 7.06.